The zero-order valence-electron chi connectivity index (χ0n) is 21.8. The Labute approximate surface area is 232 Å². The smallest absolute Gasteiger partial charge is 0.143 e. The number of benzene rings is 7. The molecular formula is C38H25NO. The molecule has 40 heavy (non-hydrogen) atoms. The second-order valence-electron chi connectivity index (χ2n) is 10.2. The third-order valence-electron chi connectivity index (χ3n) is 7.81. The maximum atomic E-state index is 6.57. The molecule has 0 bridgehead atoms. The summed E-state index contributed by atoms with van der Waals surface area (Å²) in [6, 6.07) is 53.7. The SMILES string of the molecule is c1ccc(-c2ccc(N(c3ccccc3)c3cc4c5cc6ccccc6cc5oc4c4ccccc34)cc2)cc1. The summed E-state index contributed by atoms with van der Waals surface area (Å²) in [7, 11) is 0. The molecule has 2 heteroatoms. The number of rotatable bonds is 4. The van der Waals surface area contributed by atoms with E-state index in [1.807, 2.05) is 0 Å². The Kier molecular flexibility index (Phi) is 5.17. The molecule has 0 saturated heterocycles. The third-order valence-corrected chi connectivity index (χ3v) is 7.81. The molecule has 8 aromatic rings. The van der Waals surface area contributed by atoms with Gasteiger partial charge < -0.3 is 9.32 Å². The number of para-hydroxylation sites is 1. The Hall–Kier alpha value is -5.34. The highest BCUT2D eigenvalue weighted by Gasteiger charge is 2.20. The number of anilines is 3. The highest BCUT2D eigenvalue weighted by molar-refractivity contribution is 6.21. The molecule has 0 N–H and O–H groups in total. The lowest BCUT2D eigenvalue weighted by atomic mass is 10.0. The van der Waals surface area contributed by atoms with Crippen molar-refractivity contribution < 1.29 is 4.42 Å². The zero-order valence-corrected chi connectivity index (χ0v) is 21.8. The van der Waals surface area contributed by atoms with Crippen molar-refractivity contribution >= 4 is 60.5 Å². The van der Waals surface area contributed by atoms with Crippen molar-refractivity contribution in [1.29, 1.82) is 0 Å². The van der Waals surface area contributed by atoms with Crippen LogP contribution in [0.4, 0.5) is 17.1 Å². The lowest BCUT2D eigenvalue weighted by Gasteiger charge is -2.27. The van der Waals surface area contributed by atoms with Crippen molar-refractivity contribution in [3.05, 3.63) is 152 Å². The molecule has 0 fully saturated rings. The Morgan fingerprint density at radius 3 is 1.73 bits per heavy atom. The summed E-state index contributed by atoms with van der Waals surface area (Å²) in [5.74, 6) is 0. The average Bonchev–Trinajstić information content (AvgIpc) is 3.39. The number of hydrogen-bond acceptors (Lipinski definition) is 2. The molecule has 0 saturated carbocycles. The van der Waals surface area contributed by atoms with Gasteiger partial charge in [-0.1, -0.05) is 109 Å². The molecule has 1 heterocycles. The number of furan rings is 1. The number of hydrogen-bond donors (Lipinski definition) is 0. The van der Waals surface area contributed by atoms with E-state index in [9.17, 15) is 0 Å². The largest absolute Gasteiger partial charge is 0.455 e. The van der Waals surface area contributed by atoms with Crippen LogP contribution in [0, 0.1) is 0 Å². The van der Waals surface area contributed by atoms with E-state index in [4.69, 9.17) is 4.42 Å². The van der Waals surface area contributed by atoms with Crippen LogP contribution in [0.15, 0.2) is 156 Å². The quantitative estimate of drug-likeness (QED) is 0.234. The van der Waals surface area contributed by atoms with Crippen molar-refractivity contribution in [2.45, 2.75) is 0 Å². The molecule has 2 nitrogen and oxygen atoms in total. The van der Waals surface area contributed by atoms with Crippen LogP contribution in [0.3, 0.4) is 0 Å². The lowest BCUT2D eigenvalue weighted by molar-refractivity contribution is 0.673. The van der Waals surface area contributed by atoms with Gasteiger partial charge in [-0.25, -0.2) is 0 Å². The summed E-state index contributed by atoms with van der Waals surface area (Å²) in [5.41, 5.74) is 7.59. The van der Waals surface area contributed by atoms with Crippen molar-refractivity contribution in [2.75, 3.05) is 4.90 Å². The minimum atomic E-state index is 0.912. The third kappa shape index (κ3) is 3.65. The van der Waals surface area contributed by atoms with Crippen LogP contribution in [-0.4, -0.2) is 0 Å². The lowest BCUT2D eigenvalue weighted by Crippen LogP contribution is -2.10. The number of nitrogens with zero attached hydrogens (tertiary/aromatic N) is 1. The van der Waals surface area contributed by atoms with Crippen LogP contribution in [0.2, 0.25) is 0 Å². The van der Waals surface area contributed by atoms with Crippen LogP contribution in [0.1, 0.15) is 0 Å². The van der Waals surface area contributed by atoms with Gasteiger partial charge in [0.05, 0.1) is 5.69 Å². The fourth-order valence-corrected chi connectivity index (χ4v) is 5.89. The van der Waals surface area contributed by atoms with E-state index in [2.05, 4.69) is 157 Å². The monoisotopic (exact) mass is 511 g/mol. The van der Waals surface area contributed by atoms with Crippen LogP contribution in [0.25, 0.3) is 54.6 Å². The van der Waals surface area contributed by atoms with E-state index in [-0.39, 0.29) is 0 Å². The summed E-state index contributed by atoms with van der Waals surface area (Å²) in [6.07, 6.45) is 0. The molecule has 0 spiro atoms. The molecule has 8 rings (SSSR count). The minimum absolute atomic E-state index is 0.912. The Morgan fingerprint density at radius 1 is 0.400 bits per heavy atom. The van der Waals surface area contributed by atoms with Gasteiger partial charge in [0, 0.05) is 32.9 Å². The van der Waals surface area contributed by atoms with Crippen LogP contribution in [0.5, 0.6) is 0 Å². The highest BCUT2D eigenvalue weighted by atomic mass is 16.3. The molecule has 0 amide bonds. The molecule has 0 radical (unpaired) electrons. The fourth-order valence-electron chi connectivity index (χ4n) is 5.89. The standard InChI is InChI=1S/C38H25NO/c1-3-11-26(12-4-1)27-19-21-31(22-20-27)39(30-15-5-2-6-16-30)36-25-35-34-23-28-13-7-8-14-29(28)24-37(34)40-38(35)33-18-10-9-17-32(33)36/h1-25H. The normalized spacial score (nSPS) is 11.5. The molecule has 188 valence electrons. The molecule has 7 aromatic carbocycles. The Bertz CT molecular complexity index is 2140. The summed E-state index contributed by atoms with van der Waals surface area (Å²) in [4.78, 5) is 2.36. The summed E-state index contributed by atoms with van der Waals surface area (Å²) in [6.45, 7) is 0. The van der Waals surface area contributed by atoms with E-state index in [0.29, 0.717) is 0 Å². The first-order chi connectivity index (χ1) is 19.8. The first-order valence-electron chi connectivity index (χ1n) is 13.6. The van der Waals surface area contributed by atoms with Gasteiger partial charge in [-0.15, -0.1) is 0 Å². The molecule has 0 aliphatic rings. The second-order valence-corrected chi connectivity index (χ2v) is 10.2. The fraction of sp³-hybridized carbons (Fsp3) is 0. The van der Waals surface area contributed by atoms with Crippen LogP contribution >= 0.6 is 0 Å². The van der Waals surface area contributed by atoms with Crippen LogP contribution < -0.4 is 4.90 Å². The van der Waals surface area contributed by atoms with E-state index < -0.39 is 0 Å². The van der Waals surface area contributed by atoms with Crippen molar-refractivity contribution in [3.8, 4) is 11.1 Å². The summed E-state index contributed by atoms with van der Waals surface area (Å²) in [5, 5.41) is 6.91. The first kappa shape index (κ1) is 22.6. The Morgan fingerprint density at radius 2 is 0.975 bits per heavy atom. The highest BCUT2D eigenvalue weighted by Crippen LogP contribution is 2.45. The molecule has 1 aromatic heterocycles. The van der Waals surface area contributed by atoms with Crippen molar-refractivity contribution in [1.82, 2.24) is 0 Å². The topological polar surface area (TPSA) is 16.4 Å². The van der Waals surface area contributed by atoms with E-state index in [1.54, 1.807) is 0 Å². The van der Waals surface area contributed by atoms with Gasteiger partial charge >= 0.3 is 0 Å². The van der Waals surface area contributed by atoms with Crippen molar-refractivity contribution in [2.24, 2.45) is 0 Å². The van der Waals surface area contributed by atoms with Gasteiger partial charge in [-0.3, -0.25) is 0 Å². The zero-order chi connectivity index (χ0) is 26.5. The minimum Gasteiger partial charge on any atom is -0.455 e. The summed E-state index contributed by atoms with van der Waals surface area (Å²) < 4.78 is 6.57. The molecule has 0 aliphatic carbocycles. The first-order valence-corrected chi connectivity index (χ1v) is 13.6. The van der Waals surface area contributed by atoms with Crippen LogP contribution in [-0.2, 0) is 0 Å². The van der Waals surface area contributed by atoms with Gasteiger partial charge in [0.15, 0.2) is 0 Å². The molecule has 0 atom stereocenters. The van der Waals surface area contributed by atoms with Gasteiger partial charge in [0.1, 0.15) is 11.2 Å². The predicted molar refractivity (Wildman–Crippen MR) is 169 cm³/mol. The maximum absolute atomic E-state index is 6.57. The van der Waals surface area contributed by atoms with Crippen molar-refractivity contribution in [3.63, 3.8) is 0 Å². The van der Waals surface area contributed by atoms with E-state index in [0.717, 1.165) is 49.8 Å². The number of fused-ring (bicyclic) bond motifs is 6. The molecule has 0 aliphatic heterocycles. The average molecular weight is 512 g/mol. The second kappa shape index (κ2) is 9.14. The maximum Gasteiger partial charge on any atom is 0.143 e. The summed E-state index contributed by atoms with van der Waals surface area (Å²) >= 11 is 0. The Balaban J connectivity index is 1.40. The predicted octanol–water partition coefficient (Wildman–Crippen LogP) is 11.0. The van der Waals surface area contributed by atoms with Gasteiger partial charge in [-0.05, 0) is 64.4 Å². The van der Waals surface area contributed by atoms with E-state index >= 15 is 0 Å². The molecular weight excluding hydrogens is 486 g/mol. The van der Waals surface area contributed by atoms with Gasteiger partial charge in [0.2, 0.25) is 0 Å². The molecule has 0 unspecified atom stereocenters. The van der Waals surface area contributed by atoms with Gasteiger partial charge in [0.25, 0.3) is 0 Å². The van der Waals surface area contributed by atoms with E-state index in [1.165, 1.54) is 21.9 Å². The van der Waals surface area contributed by atoms with Gasteiger partial charge in [-0.2, -0.15) is 0 Å².